The van der Waals surface area contributed by atoms with Crippen LogP contribution in [-0.2, 0) is 13.0 Å². The van der Waals surface area contributed by atoms with Crippen molar-refractivity contribution in [2.45, 2.75) is 51.6 Å². The van der Waals surface area contributed by atoms with E-state index in [1.54, 1.807) is 0 Å². The fourth-order valence-electron chi connectivity index (χ4n) is 2.93. The summed E-state index contributed by atoms with van der Waals surface area (Å²) in [7, 11) is 2.23. The van der Waals surface area contributed by atoms with Gasteiger partial charge in [-0.05, 0) is 44.0 Å². The van der Waals surface area contributed by atoms with E-state index in [9.17, 15) is 0 Å². The fourth-order valence-corrected chi connectivity index (χ4v) is 2.93. The van der Waals surface area contributed by atoms with Crippen molar-refractivity contribution in [3.63, 3.8) is 0 Å². The Morgan fingerprint density at radius 1 is 1.16 bits per heavy atom. The number of nitrogens with one attached hydrogen (secondary N) is 1. The van der Waals surface area contributed by atoms with E-state index in [4.69, 9.17) is 0 Å². The number of rotatable bonds is 6. The zero-order valence-corrected chi connectivity index (χ0v) is 12.5. The molecule has 0 radical (unpaired) electrons. The Hall–Kier alpha value is -0.860. The van der Waals surface area contributed by atoms with Gasteiger partial charge in [-0.15, -0.1) is 0 Å². The molecule has 0 aromatic heterocycles. The monoisotopic (exact) mass is 260 g/mol. The first-order valence-corrected chi connectivity index (χ1v) is 7.77. The van der Waals surface area contributed by atoms with E-state index in [1.807, 2.05) is 0 Å². The lowest BCUT2D eigenvalue weighted by molar-refractivity contribution is 0.256. The minimum Gasteiger partial charge on any atom is -0.313 e. The molecule has 0 saturated carbocycles. The van der Waals surface area contributed by atoms with Crippen LogP contribution in [0.15, 0.2) is 24.3 Å². The van der Waals surface area contributed by atoms with Crippen LogP contribution in [0.2, 0.25) is 0 Å². The molecule has 19 heavy (non-hydrogen) atoms. The van der Waals surface area contributed by atoms with E-state index in [-0.39, 0.29) is 0 Å². The van der Waals surface area contributed by atoms with E-state index in [0.717, 1.165) is 13.1 Å². The maximum atomic E-state index is 3.62. The smallest absolute Gasteiger partial charge is 0.0231 e. The van der Waals surface area contributed by atoms with Gasteiger partial charge in [0.1, 0.15) is 0 Å². The summed E-state index contributed by atoms with van der Waals surface area (Å²) in [6, 6.07) is 9.83. The predicted octanol–water partition coefficient (Wildman–Crippen LogP) is 3.21. The molecule has 2 heteroatoms. The topological polar surface area (TPSA) is 15.3 Å². The maximum Gasteiger partial charge on any atom is 0.0231 e. The Labute approximate surface area is 118 Å². The number of piperidine rings is 1. The van der Waals surface area contributed by atoms with Gasteiger partial charge in [-0.25, -0.2) is 0 Å². The van der Waals surface area contributed by atoms with Gasteiger partial charge < -0.3 is 10.2 Å². The Morgan fingerprint density at radius 3 is 2.53 bits per heavy atom. The van der Waals surface area contributed by atoms with E-state index in [1.165, 1.54) is 49.8 Å². The molecule has 0 amide bonds. The zero-order chi connectivity index (χ0) is 13.5. The fraction of sp³-hybridized carbons (Fsp3) is 0.647. The van der Waals surface area contributed by atoms with Gasteiger partial charge in [0.25, 0.3) is 0 Å². The second kappa shape index (κ2) is 7.66. The van der Waals surface area contributed by atoms with E-state index < -0.39 is 0 Å². The number of hydrogen-bond donors (Lipinski definition) is 1. The Morgan fingerprint density at radius 2 is 1.89 bits per heavy atom. The van der Waals surface area contributed by atoms with Crippen LogP contribution in [-0.4, -0.2) is 31.1 Å². The average molecular weight is 260 g/mol. The molecule has 1 N–H and O–H groups in total. The minimum atomic E-state index is 0.693. The van der Waals surface area contributed by atoms with E-state index in [0.29, 0.717) is 6.04 Å². The van der Waals surface area contributed by atoms with Gasteiger partial charge in [-0.3, -0.25) is 0 Å². The van der Waals surface area contributed by atoms with Crippen LogP contribution in [0.3, 0.4) is 0 Å². The molecule has 0 bridgehead atoms. The van der Waals surface area contributed by atoms with Gasteiger partial charge in [0.2, 0.25) is 0 Å². The van der Waals surface area contributed by atoms with E-state index >= 15 is 0 Å². The molecule has 1 aromatic rings. The quantitative estimate of drug-likeness (QED) is 0.845. The molecule has 106 valence electrons. The molecule has 1 aromatic carbocycles. The Kier molecular flexibility index (Phi) is 5.87. The molecule has 1 heterocycles. The summed E-state index contributed by atoms with van der Waals surface area (Å²) in [6.07, 6.45) is 6.49. The van der Waals surface area contributed by atoms with Crippen molar-refractivity contribution in [1.82, 2.24) is 10.2 Å². The largest absolute Gasteiger partial charge is 0.313 e. The van der Waals surface area contributed by atoms with Gasteiger partial charge in [-0.2, -0.15) is 0 Å². The number of benzene rings is 1. The molecule has 0 spiro atoms. The molecule has 0 aliphatic carbocycles. The summed E-state index contributed by atoms with van der Waals surface area (Å²) in [5, 5.41) is 3.62. The van der Waals surface area contributed by atoms with Gasteiger partial charge in [-0.1, -0.05) is 44.0 Å². The van der Waals surface area contributed by atoms with Crippen LogP contribution in [0.1, 0.15) is 43.7 Å². The third-order valence-electron chi connectivity index (χ3n) is 3.96. The number of hydrogen-bond acceptors (Lipinski definition) is 2. The first-order chi connectivity index (χ1) is 9.28. The van der Waals surface area contributed by atoms with Crippen LogP contribution in [0, 0.1) is 0 Å². The third-order valence-corrected chi connectivity index (χ3v) is 3.96. The molecule has 1 atom stereocenters. The van der Waals surface area contributed by atoms with Crippen molar-refractivity contribution in [3.05, 3.63) is 35.4 Å². The summed E-state index contributed by atoms with van der Waals surface area (Å²) in [5.74, 6) is 0. The number of aryl methyl sites for hydroxylation is 1. The summed E-state index contributed by atoms with van der Waals surface area (Å²) in [6.45, 7) is 5.66. The second-order valence-corrected chi connectivity index (χ2v) is 5.91. The third kappa shape index (κ3) is 4.96. The summed E-state index contributed by atoms with van der Waals surface area (Å²) >= 11 is 0. The summed E-state index contributed by atoms with van der Waals surface area (Å²) in [4.78, 5) is 2.44. The van der Waals surface area contributed by atoms with Gasteiger partial charge in [0, 0.05) is 19.1 Å². The summed E-state index contributed by atoms with van der Waals surface area (Å²) in [5.41, 5.74) is 2.89. The molecule has 2 nitrogen and oxygen atoms in total. The van der Waals surface area contributed by atoms with Crippen molar-refractivity contribution in [2.75, 3.05) is 20.1 Å². The lowest BCUT2D eigenvalue weighted by Crippen LogP contribution is -2.42. The first-order valence-electron chi connectivity index (χ1n) is 7.77. The second-order valence-electron chi connectivity index (χ2n) is 5.91. The van der Waals surface area contributed by atoms with Crippen LogP contribution in [0.5, 0.6) is 0 Å². The molecule has 2 rings (SSSR count). The molecular formula is C17H28N2. The molecule has 1 fully saturated rings. The lowest BCUT2D eigenvalue weighted by Gasteiger charge is -2.28. The normalized spacial score (nSPS) is 19.8. The summed E-state index contributed by atoms with van der Waals surface area (Å²) < 4.78 is 0. The molecular weight excluding hydrogens is 232 g/mol. The van der Waals surface area contributed by atoms with Crippen LogP contribution >= 0.6 is 0 Å². The van der Waals surface area contributed by atoms with Crippen molar-refractivity contribution in [1.29, 1.82) is 0 Å². The van der Waals surface area contributed by atoms with E-state index in [2.05, 4.69) is 48.5 Å². The Balaban J connectivity index is 1.78. The van der Waals surface area contributed by atoms with Gasteiger partial charge in [0.05, 0.1) is 0 Å². The number of nitrogens with zero attached hydrogens (tertiary/aromatic N) is 1. The average Bonchev–Trinajstić information content (AvgIpc) is 2.42. The maximum absolute atomic E-state index is 3.62. The standard InChI is InChI=1S/C17H28N2/c1-3-6-15-8-10-16(11-9-15)13-19(2)14-17-7-4-5-12-18-17/h8-11,17-18H,3-7,12-14H2,1-2H3. The van der Waals surface area contributed by atoms with Crippen molar-refractivity contribution in [3.8, 4) is 0 Å². The van der Waals surface area contributed by atoms with Crippen molar-refractivity contribution in [2.24, 2.45) is 0 Å². The molecule has 1 unspecified atom stereocenters. The highest BCUT2D eigenvalue weighted by molar-refractivity contribution is 5.22. The Bertz CT molecular complexity index is 352. The number of likely N-dealkylation sites (N-methyl/N-ethyl adjacent to an activating group) is 1. The highest BCUT2D eigenvalue weighted by atomic mass is 15.1. The molecule has 1 aliphatic rings. The first kappa shape index (κ1) is 14.5. The van der Waals surface area contributed by atoms with Crippen molar-refractivity contribution >= 4 is 0 Å². The van der Waals surface area contributed by atoms with Gasteiger partial charge in [0.15, 0.2) is 0 Å². The zero-order valence-electron chi connectivity index (χ0n) is 12.5. The minimum absolute atomic E-state index is 0.693. The molecule has 1 saturated heterocycles. The predicted molar refractivity (Wildman–Crippen MR) is 82.4 cm³/mol. The highest BCUT2D eigenvalue weighted by Gasteiger charge is 2.14. The molecule has 1 aliphatic heterocycles. The SMILES string of the molecule is CCCc1ccc(CN(C)CC2CCCCN2)cc1. The van der Waals surface area contributed by atoms with Crippen molar-refractivity contribution < 1.29 is 0 Å². The lowest BCUT2D eigenvalue weighted by atomic mass is 10.0. The van der Waals surface area contributed by atoms with Crippen LogP contribution in [0.25, 0.3) is 0 Å². The van der Waals surface area contributed by atoms with Crippen LogP contribution < -0.4 is 5.32 Å². The van der Waals surface area contributed by atoms with Gasteiger partial charge >= 0.3 is 0 Å². The highest BCUT2D eigenvalue weighted by Crippen LogP contribution is 2.11. The van der Waals surface area contributed by atoms with Crippen LogP contribution in [0.4, 0.5) is 0 Å².